The van der Waals surface area contributed by atoms with Gasteiger partial charge in [0.1, 0.15) is 23.7 Å². The van der Waals surface area contributed by atoms with Crippen molar-refractivity contribution in [3.05, 3.63) is 0 Å². The normalized spacial score (nSPS) is 14.6. The van der Waals surface area contributed by atoms with Gasteiger partial charge in [0.2, 0.25) is 17.7 Å². The number of nitrogens with one attached hydrogen (secondary N) is 4. The Kier molecular flexibility index (Phi) is 11.6. The van der Waals surface area contributed by atoms with Crippen LogP contribution in [0.15, 0.2) is 0 Å². The highest BCUT2D eigenvalue weighted by Gasteiger charge is 2.33. The van der Waals surface area contributed by atoms with Crippen molar-refractivity contribution in [3.63, 3.8) is 0 Å². The minimum Gasteiger partial charge on any atom is -0.444 e. The van der Waals surface area contributed by atoms with Gasteiger partial charge in [-0.05, 0) is 45.4 Å². The lowest BCUT2D eigenvalue weighted by molar-refractivity contribution is -0.134. The molecule has 0 heterocycles. The van der Waals surface area contributed by atoms with E-state index in [2.05, 4.69) is 21.3 Å². The van der Waals surface area contributed by atoms with Crippen LogP contribution in [0.3, 0.4) is 0 Å². The number of hydrogen-bond acceptors (Lipinski definition) is 5. The lowest BCUT2D eigenvalue weighted by Crippen LogP contribution is -2.60. The maximum absolute atomic E-state index is 12.9. The molecule has 0 rings (SSSR count). The first kappa shape index (κ1) is 28.7. The molecule has 4 amide bonds. The van der Waals surface area contributed by atoms with Crippen molar-refractivity contribution < 1.29 is 23.9 Å². The molecule has 9 nitrogen and oxygen atoms in total. The van der Waals surface area contributed by atoms with E-state index in [1.165, 1.54) is 0 Å². The second kappa shape index (κ2) is 12.5. The largest absolute Gasteiger partial charge is 0.444 e. The summed E-state index contributed by atoms with van der Waals surface area (Å²) in [5, 5.41) is 10.8. The molecule has 0 saturated heterocycles. The van der Waals surface area contributed by atoms with Crippen LogP contribution in [0.5, 0.6) is 0 Å². The van der Waals surface area contributed by atoms with E-state index >= 15 is 0 Å². The highest BCUT2D eigenvalue weighted by Crippen LogP contribution is 2.11. The number of alkyl carbamates (subject to hydrolysis) is 1. The van der Waals surface area contributed by atoms with Crippen molar-refractivity contribution in [3.8, 4) is 0 Å². The van der Waals surface area contributed by atoms with Crippen LogP contribution in [0.4, 0.5) is 4.79 Å². The van der Waals surface area contributed by atoms with Crippen LogP contribution in [0, 0.1) is 17.8 Å². The monoisotopic (exact) mass is 442 g/mol. The molecule has 9 heteroatoms. The lowest BCUT2D eigenvalue weighted by atomic mass is 9.98. The standard InChI is InChI=1S/C22H42N4O5/c1-11-23-18(27)15(12(2)3)24-19(28)16(13(4)5)25-20(29)17(14(6)7)26-21(30)31-22(8,9)10/h12-17H,11H2,1-10H3,(H,23,27)(H,24,28)(H,25,29)(H,26,30)/t15-,16-,17-/m0/s1. The summed E-state index contributed by atoms with van der Waals surface area (Å²) in [5.74, 6) is -1.81. The average Bonchev–Trinajstić information content (AvgIpc) is 2.59. The van der Waals surface area contributed by atoms with Crippen LogP contribution in [0.25, 0.3) is 0 Å². The first-order valence-electron chi connectivity index (χ1n) is 11.0. The quantitative estimate of drug-likeness (QED) is 0.411. The summed E-state index contributed by atoms with van der Waals surface area (Å²) in [6, 6.07) is -2.47. The first-order chi connectivity index (χ1) is 14.1. The van der Waals surface area contributed by atoms with Crippen molar-refractivity contribution in [2.45, 2.75) is 93.0 Å². The van der Waals surface area contributed by atoms with Crippen molar-refractivity contribution in [1.82, 2.24) is 21.3 Å². The molecule has 0 saturated carbocycles. The summed E-state index contributed by atoms with van der Waals surface area (Å²) in [4.78, 5) is 50.3. The Labute approximate surface area is 186 Å². The number of carbonyl (C=O) groups excluding carboxylic acids is 4. The highest BCUT2D eigenvalue weighted by molar-refractivity contribution is 5.94. The maximum atomic E-state index is 12.9. The first-order valence-corrected chi connectivity index (χ1v) is 11.0. The smallest absolute Gasteiger partial charge is 0.408 e. The highest BCUT2D eigenvalue weighted by atomic mass is 16.6. The molecule has 0 radical (unpaired) electrons. The Hall–Kier alpha value is -2.32. The minimum atomic E-state index is -0.881. The third kappa shape index (κ3) is 10.5. The van der Waals surface area contributed by atoms with E-state index in [1.807, 2.05) is 13.8 Å². The van der Waals surface area contributed by atoms with Gasteiger partial charge >= 0.3 is 6.09 Å². The van der Waals surface area contributed by atoms with E-state index in [0.29, 0.717) is 6.54 Å². The van der Waals surface area contributed by atoms with Crippen molar-refractivity contribution >= 4 is 23.8 Å². The molecule has 0 aliphatic rings. The number of amides is 4. The zero-order chi connectivity index (χ0) is 24.5. The molecule has 0 aromatic rings. The van der Waals surface area contributed by atoms with E-state index in [1.54, 1.807) is 55.4 Å². The second-order valence-electron chi connectivity index (χ2n) is 9.72. The molecule has 0 fully saturated rings. The van der Waals surface area contributed by atoms with Crippen molar-refractivity contribution in [2.24, 2.45) is 17.8 Å². The van der Waals surface area contributed by atoms with Gasteiger partial charge in [0.15, 0.2) is 0 Å². The zero-order valence-electron chi connectivity index (χ0n) is 20.7. The summed E-state index contributed by atoms with van der Waals surface area (Å²) < 4.78 is 5.24. The molecular formula is C22H42N4O5. The second-order valence-corrected chi connectivity index (χ2v) is 9.72. The number of ether oxygens (including phenoxy) is 1. The van der Waals surface area contributed by atoms with E-state index < -0.39 is 41.6 Å². The molecule has 0 aliphatic heterocycles. The van der Waals surface area contributed by atoms with Gasteiger partial charge in [0.25, 0.3) is 0 Å². The zero-order valence-corrected chi connectivity index (χ0v) is 20.7. The molecule has 3 atom stereocenters. The van der Waals surface area contributed by atoms with Gasteiger partial charge in [-0.15, -0.1) is 0 Å². The van der Waals surface area contributed by atoms with Crippen LogP contribution >= 0.6 is 0 Å². The molecule has 0 unspecified atom stereocenters. The fourth-order valence-corrected chi connectivity index (χ4v) is 2.81. The van der Waals surface area contributed by atoms with Crippen molar-refractivity contribution in [2.75, 3.05) is 6.54 Å². The molecule has 0 spiro atoms. The summed E-state index contributed by atoms with van der Waals surface area (Å²) in [7, 11) is 0. The van der Waals surface area contributed by atoms with Crippen molar-refractivity contribution in [1.29, 1.82) is 0 Å². The number of carbonyl (C=O) groups is 4. The topological polar surface area (TPSA) is 126 Å². The summed E-state index contributed by atoms with van der Waals surface area (Å²) in [6.07, 6.45) is -0.706. The number of likely N-dealkylation sites (N-methyl/N-ethyl adjacent to an activating group) is 1. The Morgan fingerprint density at radius 2 is 1.03 bits per heavy atom. The van der Waals surface area contributed by atoms with Gasteiger partial charge in [0, 0.05) is 6.54 Å². The SMILES string of the molecule is CCNC(=O)[C@@H](NC(=O)[C@@H](NC(=O)[C@@H](NC(=O)OC(C)(C)C)C(C)C)C(C)C)C(C)C. The van der Waals surface area contributed by atoms with E-state index in [-0.39, 0.29) is 23.7 Å². The Bertz CT molecular complexity index is 626. The molecule has 0 aliphatic carbocycles. The predicted molar refractivity (Wildman–Crippen MR) is 120 cm³/mol. The summed E-state index contributed by atoms with van der Waals surface area (Å²) in [5.41, 5.74) is -0.701. The Morgan fingerprint density at radius 3 is 1.35 bits per heavy atom. The van der Waals surface area contributed by atoms with Crippen LogP contribution in [0.2, 0.25) is 0 Å². The van der Waals surface area contributed by atoms with E-state index in [0.717, 1.165) is 0 Å². The molecule has 0 aromatic carbocycles. The fourth-order valence-electron chi connectivity index (χ4n) is 2.81. The molecule has 4 N–H and O–H groups in total. The predicted octanol–water partition coefficient (Wildman–Crippen LogP) is 1.95. The van der Waals surface area contributed by atoms with E-state index in [9.17, 15) is 19.2 Å². The van der Waals surface area contributed by atoms with Crippen LogP contribution in [-0.2, 0) is 19.1 Å². The van der Waals surface area contributed by atoms with Crippen LogP contribution in [0.1, 0.15) is 69.2 Å². The molecule has 180 valence electrons. The van der Waals surface area contributed by atoms with E-state index in [4.69, 9.17) is 4.74 Å². The molecular weight excluding hydrogens is 400 g/mol. The third-order valence-corrected chi connectivity index (χ3v) is 4.47. The molecule has 31 heavy (non-hydrogen) atoms. The van der Waals surface area contributed by atoms with Crippen LogP contribution < -0.4 is 21.3 Å². The van der Waals surface area contributed by atoms with Crippen LogP contribution in [-0.4, -0.2) is 54.1 Å². The Morgan fingerprint density at radius 1 is 0.677 bits per heavy atom. The van der Waals surface area contributed by atoms with Gasteiger partial charge in [-0.25, -0.2) is 4.79 Å². The van der Waals surface area contributed by atoms with Gasteiger partial charge in [-0.2, -0.15) is 0 Å². The Balaban J connectivity index is 5.39. The summed E-state index contributed by atoms with van der Waals surface area (Å²) in [6.45, 7) is 18.3. The fraction of sp³-hybridized carbons (Fsp3) is 0.818. The molecule has 0 bridgehead atoms. The third-order valence-electron chi connectivity index (χ3n) is 4.47. The van der Waals surface area contributed by atoms with Gasteiger partial charge in [-0.1, -0.05) is 41.5 Å². The average molecular weight is 443 g/mol. The minimum absolute atomic E-state index is 0.128. The van der Waals surface area contributed by atoms with Gasteiger partial charge in [0.05, 0.1) is 0 Å². The van der Waals surface area contributed by atoms with Gasteiger partial charge in [-0.3, -0.25) is 14.4 Å². The maximum Gasteiger partial charge on any atom is 0.408 e. The molecule has 0 aromatic heterocycles. The lowest BCUT2D eigenvalue weighted by Gasteiger charge is -2.29. The number of rotatable bonds is 10. The summed E-state index contributed by atoms with van der Waals surface area (Å²) >= 11 is 0. The number of hydrogen-bond donors (Lipinski definition) is 4. The van der Waals surface area contributed by atoms with Gasteiger partial charge < -0.3 is 26.0 Å².